The van der Waals surface area contributed by atoms with Gasteiger partial charge in [0.2, 0.25) is 5.91 Å². The fourth-order valence-corrected chi connectivity index (χ4v) is 2.66. The number of nitrogens with zero attached hydrogens (tertiary/aromatic N) is 1. The fourth-order valence-electron chi connectivity index (χ4n) is 1.71. The number of benzene rings is 1. The van der Waals surface area contributed by atoms with E-state index in [1.165, 1.54) is 11.8 Å². The van der Waals surface area contributed by atoms with Gasteiger partial charge >= 0.3 is 0 Å². The molecule has 0 aliphatic heterocycles. The van der Waals surface area contributed by atoms with E-state index in [4.69, 9.17) is 16.0 Å². The zero-order valence-electron chi connectivity index (χ0n) is 11.4. The summed E-state index contributed by atoms with van der Waals surface area (Å²) in [7, 11) is 1.79. The molecule has 1 atom stereocenters. The molecule has 3 nitrogen and oxygen atoms in total. The molecule has 0 saturated heterocycles. The summed E-state index contributed by atoms with van der Waals surface area (Å²) in [4.78, 5) is 14.9. The van der Waals surface area contributed by atoms with E-state index in [-0.39, 0.29) is 11.9 Å². The van der Waals surface area contributed by atoms with E-state index in [2.05, 4.69) is 0 Å². The molecule has 0 aliphatic carbocycles. The van der Waals surface area contributed by atoms with E-state index in [0.29, 0.717) is 10.8 Å². The fraction of sp³-hybridized carbons (Fsp3) is 0.267. The van der Waals surface area contributed by atoms with Crippen LogP contribution in [-0.2, 0) is 4.79 Å². The molecule has 1 heterocycles. The highest BCUT2D eigenvalue weighted by molar-refractivity contribution is 8.00. The van der Waals surface area contributed by atoms with Gasteiger partial charge in [0, 0.05) is 17.0 Å². The Morgan fingerprint density at radius 2 is 2.05 bits per heavy atom. The molecule has 0 N–H and O–H groups in total. The topological polar surface area (TPSA) is 33.5 Å². The molecule has 1 unspecified atom stereocenters. The van der Waals surface area contributed by atoms with Crippen LogP contribution in [0.15, 0.2) is 52.0 Å². The molecule has 0 bridgehead atoms. The molecule has 2 aromatic rings. The van der Waals surface area contributed by atoms with Gasteiger partial charge in [-0.1, -0.05) is 11.6 Å². The van der Waals surface area contributed by atoms with Gasteiger partial charge in [-0.05, 0) is 43.3 Å². The molecule has 0 fully saturated rings. The van der Waals surface area contributed by atoms with Crippen LogP contribution in [-0.4, -0.2) is 23.6 Å². The zero-order chi connectivity index (χ0) is 14.5. The number of hydrogen-bond donors (Lipinski definition) is 0. The molecule has 5 heteroatoms. The first-order valence-electron chi connectivity index (χ1n) is 6.25. The van der Waals surface area contributed by atoms with Gasteiger partial charge < -0.3 is 9.32 Å². The Kier molecular flexibility index (Phi) is 5.15. The predicted molar refractivity (Wildman–Crippen MR) is 82.1 cm³/mol. The van der Waals surface area contributed by atoms with Crippen molar-refractivity contribution in [3.8, 4) is 0 Å². The van der Waals surface area contributed by atoms with E-state index in [1.54, 1.807) is 18.2 Å². The summed E-state index contributed by atoms with van der Waals surface area (Å²) in [6.45, 7) is 1.95. The largest absolute Gasteiger partial charge is 0.467 e. The van der Waals surface area contributed by atoms with Gasteiger partial charge in [-0.25, -0.2) is 0 Å². The van der Waals surface area contributed by atoms with Crippen molar-refractivity contribution in [3.05, 3.63) is 53.4 Å². The van der Waals surface area contributed by atoms with Crippen LogP contribution >= 0.6 is 23.4 Å². The van der Waals surface area contributed by atoms with Crippen LogP contribution in [0.2, 0.25) is 5.02 Å². The number of amides is 1. The first kappa shape index (κ1) is 15.0. The third-order valence-corrected chi connectivity index (χ3v) is 4.35. The molecule has 106 valence electrons. The molecule has 0 aliphatic rings. The molecule has 1 aromatic carbocycles. The van der Waals surface area contributed by atoms with Gasteiger partial charge in [0.1, 0.15) is 5.76 Å². The first-order chi connectivity index (χ1) is 9.58. The van der Waals surface area contributed by atoms with Crippen molar-refractivity contribution < 1.29 is 9.21 Å². The second-order valence-electron chi connectivity index (χ2n) is 4.44. The summed E-state index contributed by atoms with van der Waals surface area (Å²) in [5.41, 5.74) is 0. The minimum Gasteiger partial charge on any atom is -0.467 e. The maximum atomic E-state index is 12.2. The van der Waals surface area contributed by atoms with Crippen molar-refractivity contribution in [2.75, 3.05) is 12.8 Å². The van der Waals surface area contributed by atoms with Crippen LogP contribution in [0, 0.1) is 0 Å². The summed E-state index contributed by atoms with van der Waals surface area (Å²) < 4.78 is 5.33. The molecule has 0 radical (unpaired) electrons. The maximum absolute atomic E-state index is 12.2. The highest BCUT2D eigenvalue weighted by Crippen LogP contribution is 2.23. The Morgan fingerprint density at radius 3 is 2.65 bits per heavy atom. The molecular weight excluding hydrogens is 294 g/mol. The third kappa shape index (κ3) is 3.81. The lowest BCUT2D eigenvalue weighted by molar-refractivity contribution is -0.129. The maximum Gasteiger partial charge on any atom is 0.233 e. The Labute approximate surface area is 127 Å². The van der Waals surface area contributed by atoms with E-state index < -0.39 is 0 Å². The van der Waals surface area contributed by atoms with Crippen molar-refractivity contribution in [2.24, 2.45) is 0 Å². The number of furan rings is 1. The van der Waals surface area contributed by atoms with Crippen molar-refractivity contribution in [2.45, 2.75) is 17.9 Å². The number of rotatable bonds is 5. The Balaban J connectivity index is 1.89. The second kappa shape index (κ2) is 6.86. The first-order valence-corrected chi connectivity index (χ1v) is 7.61. The van der Waals surface area contributed by atoms with Crippen LogP contribution in [0.25, 0.3) is 0 Å². The van der Waals surface area contributed by atoms with E-state index in [1.807, 2.05) is 43.3 Å². The summed E-state index contributed by atoms with van der Waals surface area (Å²) >= 11 is 7.33. The molecule has 20 heavy (non-hydrogen) atoms. The van der Waals surface area contributed by atoms with Gasteiger partial charge in [-0.3, -0.25) is 4.79 Å². The quantitative estimate of drug-likeness (QED) is 0.774. The van der Waals surface area contributed by atoms with E-state index in [9.17, 15) is 4.79 Å². The van der Waals surface area contributed by atoms with Gasteiger partial charge in [0.25, 0.3) is 0 Å². The average molecular weight is 310 g/mol. The lowest BCUT2D eigenvalue weighted by atomic mass is 10.2. The molecule has 1 aromatic heterocycles. The van der Waals surface area contributed by atoms with Crippen molar-refractivity contribution >= 4 is 29.3 Å². The van der Waals surface area contributed by atoms with E-state index >= 15 is 0 Å². The van der Waals surface area contributed by atoms with Gasteiger partial charge in [0.15, 0.2) is 0 Å². The van der Waals surface area contributed by atoms with Crippen LogP contribution in [0.3, 0.4) is 0 Å². The van der Waals surface area contributed by atoms with Crippen molar-refractivity contribution in [1.82, 2.24) is 4.90 Å². The number of halogens is 1. The molecular formula is C15H16ClNO2S. The zero-order valence-corrected chi connectivity index (χ0v) is 12.9. The Hall–Kier alpha value is -1.39. The van der Waals surface area contributed by atoms with Gasteiger partial charge in [-0.2, -0.15) is 0 Å². The average Bonchev–Trinajstić information content (AvgIpc) is 2.99. The number of hydrogen-bond acceptors (Lipinski definition) is 3. The van der Waals surface area contributed by atoms with Gasteiger partial charge in [0.05, 0.1) is 18.1 Å². The highest BCUT2D eigenvalue weighted by atomic mass is 35.5. The number of thioether (sulfide) groups is 1. The molecule has 0 saturated carbocycles. The summed E-state index contributed by atoms with van der Waals surface area (Å²) in [6, 6.07) is 11.1. The summed E-state index contributed by atoms with van der Waals surface area (Å²) in [5.74, 6) is 1.25. The smallest absolute Gasteiger partial charge is 0.233 e. The lowest BCUT2D eigenvalue weighted by Gasteiger charge is -2.23. The Bertz CT molecular complexity index is 554. The minimum atomic E-state index is -0.0664. The third-order valence-electron chi connectivity index (χ3n) is 3.11. The lowest BCUT2D eigenvalue weighted by Crippen LogP contribution is -2.30. The van der Waals surface area contributed by atoms with Crippen molar-refractivity contribution in [3.63, 3.8) is 0 Å². The Morgan fingerprint density at radius 1 is 1.35 bits per heavy atom. The van der Waals surface area contributed by atoms with Crippen LogP contribution in [0.1, 0.15) is 18.7 Å². The predicted octanol–water partition coefficient (Wildman–Crippen LogP) is 4.24. The molecule has 2 rings (SSSR count). The highest BCUT2D eigenvalue weighted by Gasteiger charge is 2.19. The second-order valence-corrected chi connectivity index (χ2v) is 5.92. The normalized spacial score (nSPS) is 12.2. The van der Waals surface area contributed by atoms with Crippen LogP contribution < -0.4 is 0 Å². The SMILES string of the molecule is CC(c1ccco1)N(C)C(=O)CSc1ccc(Cl)cc1. The van der Waals surface area contributed by atoms with Gasteiger partial charge in [-0.15, -0.1) is 11.8 Å². The monoisotopic (exact) mass is 309 g/mol. The van der Waals surface area contributed by atoms with E-state index in [0.717, 1.165) is 10.7 Å². The summed E-state index contributed by atoms with van der Waals surface area (Å²) in [6.07, 6.45) is 1.62. The number of carbonyl (C=O) groups is 1. The number of carbonyl (C=O) groups excluding carboxylic acids is 1. The van der Waals surface area contributed by atoms with Crippen LogP contribution in [0.4, 0.5) is 0 Å². The van der Waals surface area contributed by atoms with Crippen LogP contribution in [0.5, 0.6) is 0 Å². The minimum absolute atomic E-state index is 0.0637. The standard InChI is InChI=1S/C15H16ClNO2S/c1-11(14-4-3-9-19-14)17(2)15(18)10-20-13-7-5-12(16)6-8-13/h3-9,11H,10H2,1-2H3. The molecule has 0 spiro atoms. The summed E-state index contributed by atoms with van der Waals surface area (Å²) in [5, 5.41) is 0.698. The molecule has 1 amide bonds. The van der Waals surface area contributed by atoms with Crippen molar-refractivity contribution in [1.29, 1.82) is 0 Å².